The highest BCUT2D eigenvalue weighted by Gasteiger charge is 2.26. The quantitative estimate of drug-likeness (QED) is 0.530. The zero-order valence-corrected chi connectivity index (χ0v) is 15.9. The Labute approximate surface area is 158 Å². The summed E-state index contributed by atoms with van der Waals surface area (Å²) in [6.07, 6.45) is 4.17. The average Bonchev–Trinajstić information content (AvgIpc) is 2.62. The highest BCUT2D eigenvalue weighted by molar-refractivity contribution is 6.42. The van der Waals surface area contributed by atoms with Crippen molar-refractivity contribution < 1.29 is 9.53 Å². The number of halogens is 2. The number of hydrogen-bond acceptors (Lipinski definition) is 3. The second-order valence-corrected chi connectivity index (χ2v) is 6.54. The van der Waals surface area contributed by atoms with Crippen molar-refractivity contribution in [1.82, 2.24) is 4.98 Å². The molecule has 1 atom stereocenters. The first-order valence-corrected chi connectivity index (χ1v) is 9.12. The van der Waals surface area contributed by atoms with E-state index in [1.807, 2.05) is 19.1 Å². The molecule has 0 saturated carbocycles. The minimum absolute atomic E-state index is 0.302. The van der Waals surface area contributed by atoms with Crippen LogP contribution in [0.2, 0.25) is 10.0 Å². The van der Waals surface area contributed by atoms with Gasteiger partial charge in [-0.1, -0.05) is 55.1 Å². The number of nitrogens with zero attached hydrogens (tertiary/aromatic N) is 2. The molecule has 25 heavy (non-hydrogen) atoms. The van der Waals surface area contributed by atoms with Gasteiger partial charge in [-0.2, -0.15) is 0 Å². The molecular weight excluding hydrogens is 359 g/mol. The predicted molar refractivity (Wildman–Crippen MR) is 102 cm³/mol. The van der Waals surface area contributed by atoms with E-state index < -0.39 is 6.09 Å². The summed E-state index contributed by atoms with van der Waals surface area (Å²) >= 11 is 12.1. The molecule has 134 valence electrons. The zero-order chi connectivity index (χ0) is 18.2. The molecule has 0 aliphatic rings. The molecule has 2 rings (SSSR count). The van der Waals surface area contributed by atoms with E-state index in [1.165, 1.54) is 4.90 Å². The first kappa shape index (κ1) is 19.5. The molecule has 1 unspecified atom stereocenters. The number of benzene rings is 1. The molecule has 0 fully saturated rings. The molecule has 4 nitrogen and oxygen atoms in total. The van der Waals surface area contributed by atoms with Crippen LogP contribution in [0.25, 0.3) is 0 Å². The maximum absolute atomic E-state index is 12.7. The Morgan fingerprint density at radius 3 is 2.64 bits per heavy atom. The third-order valence-electron chi connectivity index (χ3n) is 3.88. The van der Waals surface area contributed by atoms with Crippen LogP contribution in [0.5, 0.6) is 0 Å². The van der Waals surface area contributed by atoms with Gasteiger partial charge in [0.1, 0.15) is 5.82 Å². The summed E-state index contributed by atoms with van der Waals surface area (Å²) in [5.41, 5.74) is 0.852. The number of aromatic nitrogens is 1. The molecule has 1 heterocycles. The van der Waals surface area contributed by atoms with Crippen molar-refractivity contribution in [2.45, 2.75) is 39.2 Å². The van der Waals surface area contributed by atoms with Gasteiger partial charge in [-0.25, -0.2) is 9.78 Å². The lowest BCUT2D eigenvalue weighted by Gasteiger charge is -2.28. The van der Waals surface area contributed by atoms with Gasteiger partial charge in [0.2, 0.25) is 0 Å². The number of carbonyl (C=O) groups is 1. The van der Waals surface area contributed by atoms with Crippen molar-refractivity contribution in [1.29, 1.82) is 0 Å². The van der Waals surface area contributed by atoms with Crippen LogP contribution in [0, 0.1) is 0 Å². The van der Waals surface area contributed by atoms with E-state index in [0.717, 1.165) is 24.8 Å². The van der Waals surface area contributed by atoms with E-state index in [1.54, 1.807) is 30.5 Å². The standard InChI is InChI=1S/C19H22Cl2N2O2/c1-3-4-7-12-25-19(24)23(18-8-5-6-11-22-18)14(2)15-9-10-16(20)17(21)13-15/h5-6,8-11,13-14H,3-4,7,12H2,1-2H3. The van der Waals surface area contributed by atoms with Crippen LogP contribution in [-0.4, -0.2) is 17.7 Å². The molecule has 0 aliphatic heterocycles. The lowest BCUT2D eigenvalue weighted by molar-refractivity contribution is 0.149. The Hall–Kier alpha value is -1.78. The Balaban J connectivity index is 2.24. The summed E-state index contributed by atoms with van der Waals surface area (Å²) in [5, 5.41) is 0.924. The molecule has 0 saturated heterocycles. The molecule has 2 aromatic rings. The van der Waals surface area contributed by atoms with Gasteiger partial charge in [-0.3, -0.25) is 4.90 Å². The molecule has 1 amide bonds. The molecule has 6 heteroatoms. The van der Waals surface area contributed by atoms with Crippen LogP contribution < -0.4 is 4.90 Å². The predicted octanol–water partition coefficient (Wildman–Crippen LogP) is 6.28. The van der Waals surface area contributed by atoms with E-state index in [-0.39, 0.29) is 6.04 Å². The van der Waals surface area contributed by atoms with Crippen LogP contribution in [0.15, 0.2) is 42.6 Å². The number of unbranched alkanes of at least 4 members (excludes halogenated alkanes) is 2. The maximum atomic E-state index is 12.7. The summed E-state index contributed by atoms with van der Waals surface area (Å²) in [4.78, 5) is 18.5. The Kier molecular flexibility index (Phi) is 7.53. The largest absolute Gasteiger partial charge is 0.449 e. The van der Waals surface area contributed by atoms with E-state index in [9.17, 15) is 4.79 Å². The minimum atomic E-state index is -0.423. The highest BCUT2D eigenvalue weighted by Crippen LogP contribution is 2.30. The third-order valence-corrected chi connectivity index (χ3v) is 4.62. The SMILES string of the molecule is CCCCCOC(=O)N(c1ccccn1)C(C)c1ccc(Cl)c(Cl)c1. The lowest BCUT2D eigenvalue weighted by atomic mass is 10.1. The monoisotopic (exact) mass is 380 g/mol. The number of rotatable bonds is 7. The Bertz CT molecular complexity index is 695. The van der Waals surface area contributed by atoms with Gasteiger partial charge < -0.3 is 4.74 Å². The van der Waals surface area contributed by atoms with Crippen molar-refractivity contribution in [2.75, 3.05) is 11.5 Å². The van der Waals surface area contributed by atoms with Gasteiger partial charge in [0, 0.05) is 6.20 Å². The number of anilines is 1. The second kappa shape index (κ2) is 9.64. The van der Waals surface area contributed by atoms with Crippen LogP contribution in [-0.2, 0) is 4.74 Å². The van der Waals surface area contributed by atoms with E-state index >= 15 is 0 Å². The molecule has 0 aliphatic carbocycles. The van der Waals surface area contributed by atoms with Crippen molar-refractivity contribution in [3.05, 3.63) is 58.2 Å². The minimum Gasteiger partial charge on any atom is -0.449 e. The summed E-state index contributed by atoms with van der Waals surface area (Å²) in [6, 6.07) is 10.4. The number of ether oxygens (including phenoxy) is 1. The topological polar surface area (TPSA) is 42.4 Å². The number of amides is 1. The van der Waals surface area contributed by atoms with Crippen molar-refractivity contribution in [3.63, 3.8) is 0 Å². The highest BCUT2D eigenvalue weighted by atomic mass is 35.5. The molecule has 1 aromatic carbocycles. The Morgan fingerprint density at radius 1 is 1.20 bits per heavy atom. The third kappa shape index (κ3) is 5.35. The molecular formula is C19H22Cl2N2O2. The van der Waals surface area contributed by atoms with Gasteiger partial charge in [0.25, 0.3) is 0 Å². The summed E-state index contributed by atoms with van der Waals surface area (Å²) < 4.78 is 5.45. The maximum Gasteiger partial charge on any atom is 0.416 e. The summed E-state index contributed by atoms with van der Waals surface area (Å²) in [5.74, 6) is 0.529. The van der Waals surface area contributed by atoms with E-state index in [0.29, 0.717) is 22.5 Å². The van der Waals surface area contributed by atoms with E-state index in [4.69, 9.17) is 27.9 Å². The van der Waals surface area contributed by atoms with Crippen LogP contribution in [0.1, 0.15) is 44.7 Å². The molecule has 0 spiro atoms. The number of hydrogen-bond donors (Lipinski definition) is 0. The first-order chi connectivity index (χ1) is 12.0. The van der Waals surface area contributed by atoms with Crippen LogP contribution >= 0.6 is 23.2 Å². The first-order valence-electron chi connectivity index (χ1n) is 8.36. The van der Waals surface area contributed by atoms with Crippen molar-refractivity contribution in [3.8, 4) is 0 Å². The second-order valence-electron chi connectivity index (χ2n) is 5.73. The summed E-state index contributed by atoms with van der Waals surface area (Å²) in [7, 11) is 0. The molecule has 1 aromatic heterocycles. The Morgan fingerprint density at radius 2 is 2.00 bits per heavy atom. The van der Waals surface area contributed by atoms with Crippen molar-refractivity contribution >= 4 is 35.1 Å². The van der Waals surface area contributed by atoms with Crippen molar-refractivity contribution in [2.24, 2.45) is 0 Å². The molecule has 0 radical (unpaired) electrons. The van der Waals surface area contributed by atoms with Crippen LogP contribution in [0.4, 0.5) is 10.6 Å². The lowest BCUT2D eigenvalue weighted by Crippen LogP contribution is -2.35. The average molecular weight is 381 g/mol. The van der Waals surface area contributed by atoms with Gasteiger partial charge >= 0.3 is 6.09 Å². The smallest absolute Gasteiger partial charge is 0.416 e. The fourth-order valence-corrected chi connectivity index (χ4v) is 2.76. The number of carbonyl (C=O) groups excluding carboxylic acids is 1. The van der Waals surface area contributed by atoms with Gasteiger partial charge in [0.05, 0.1) is 22.7 Å². The van der Waals surface area contributed by atoms with Gasteiger partial charge in [0.15, 0.2) is 0 Å². The van der Waals surface area contributed by atoms with Crippen LogP contribution in [0.3, 0.4) is 0 Å². The number of pyridine rings is 1. The fraction of sp³-hybridized carbons (Fsp3) is 0.368. The molecule has 0 N–H and O–H groups in total. The molecule has 0 bridgehead atoms. The zero-order valence-electron chi connectivity index (χ0n) is 14.4. The van der Waals surface area contributed by atoms with Gasteiger partial charge in [-0.05, 0) is 43.2 Å². The fourth-order valence-electron chi connectivity index (χ4n) is 2.45. The summed E-state index contributed by atoms with van der Waals surface area (Å²) in [6.45, 7) is 4.40. The van der Waals surface area contributed by atoms with Gasteiger partial charge in [-0.15, -0.1) is 0 Å². The van der Waals surface area contributed by atoms with E-state index in [2.05, 4.69) is 11.9 Å². The normalized spacial score (nSPS) is 11.8.